The van der Waals surface area contributed by atoms with Crippen molar-refractivity contribution >= 4 is 28.4 Å². The Morgan fingerprint density at radius 3 is 2.57 bits per heavy atom. The van der Waals surface area contributed by atoms with Crippen molar-refractivity contribution in [2.75, 3.05) is 25.2 Å². The monoisotopic (exact) mass is 427 g/mol. The maximum absolute atomic E-state index is 12.9. The first-order valence-corrected chi connectivity index (χ1v) is 10.7. The molecule has 1 amide bonds. The van der Waals surface area contributed by atoms with Gasteiger partial charge in [0.25, 0.3) is 0 Å². The highest BCUT2D eigenvalue weighted by molar-refractivity contribution is 7.17. The number of fused-ring (bicyclic) bond motifs is 1. The number of methoxy groups -OCH3 is 1. The molecule has 1 heterocycles. The molecule has 1 aromatic heterocycles. The zero-order chi connectivity index (χ0) is 21.5. The molecule has 1 aromatic carbocycles. The van der Waals surface area contributed by atoms with Crippen LogP contribution in [0.15, 0.2) is 24.3 Å². The van der Waals surface area contributed by atoms with E-state index in [-0.39, 0.29) is 19.8 Å². The first-order valence-electron chi connectivity index (χ1n) is 9.91. The Hall–Kier alpha value is -2.98. The molecule has 1 aliphatic rings. The van der Waals surface area contributed by atoms with Crippen LogP contribution in [-0.4, -0.2) is 32.3 Å². The highest BCUT2D eigenvalue weighted by atomic mass is 32.1. The van der Waals surface area contributed by atoms with Crippen molar-refractivity contribution in [3.8, 4) is 18.1 Å². The zero-order valence-electron chi connectivity index (χ0n) is 17.2. The number of nitrogens with zero attached hydrogens (tertiary/aromatic N) is 1. The summed E-state index contributed by atoms with van der Waals surface area (Å²) in [5.74, 6) is 2.81. The summed E-state index contributed by atoms with van der Waals surface area (Å²) < 4.78 is 15.9. The smallest absolute Gasteiger partial charge is 0.416 e. The van der Waals surface area contributed by atoms with E-state index in [1.807, 2.05) is 12.1 Å². The number of carbonyl (C=O) groups excluding carboxylic acids is 2. The minimum atomic E-state index is -0.590. The molecule has 30 heavy (non-hydrogen) atoms. The number of terminal acetylenes is 1. The van der Waals surface area contributed by atoms with E-state index in [4.69, 9.17) is 20.6 Å². The third-order valence-corrected chi connectivity index (χ3v) is 6.18. The van der Waals surface area contributed by atoms with Crippen molar-refractivity contribution < 1.29 is 23.8 Å². The molecule has 0 saturated heterocycles. The lowest BCUT2D eigenvalue weighted by Crippen LogP contribution is -2.32. The fourth-order valence-electron chi connectivity index (χ4n) is 3.41. The molecule has 3 rings (SSSR count). The minimum absolute atomic E-state index is 0.00719. The van der Waals surface area contributed by atoms with Crippen LogP contribution in [0.3, 0.4) is 0 Å². The molecule has 0 saturated carbocycles. The quantitative estimate of drug-likeness (QED) is 0.478. The van der Waals surface area contributed by atoms with Gasteiger partial charge in [0.15, 0.2) is 0 Å². The van der Waals surface area contributed by atoms with E-state index in [0.29, 0.717) is 10.6 Å². The van der Waals surface area contributed by atoms with E-state index in [1.54, 1.807) is 26.2 Å². The summed E-state index contributed by atoms with van der Waals surface area (Å²) in [5.41, 5.74) is 2.25. The summed E-state index contributed by atoms with van der Waals surface area (Å²) in [6.45, 7) is 2.12. The fourth-order valence-corrected chi connectivity index (χ4v) is 4.78. The molecule has 0 atom stereocenters. The average Bonchev–Trinajstić information content (AvgIpc) is 3.15. The highest BCUT2D eigenvalue weighted by Crippen LogP contribution is 2.41. The number of thiophene rings is 1. The molecule has 0 radical (unpaired) electrons. The lowest BCUT2D eigenvalue weighted by molar-refractivity contribution is 0.0526. The maximum atomic E-state index is 12.9. The second-order valence-corrected chi connectivity index (χ2v) is 7.89. The number of rotatable bonds is 7. The van der Waals surface area contributed by atoms with Crippen LogP contribution in [0.4, 0.5) is 9.80 Å². The van der Waals surface area contributed by atoms with Gasteiger partial charge in [-0.3, -0.25) is 4.90 Å². The highest BCUT2D eigenvalue weighted by Gasteiger charge is 2.31. The second-order valence-electron chi connectivity index (χ2n) is 6.80. The average molecular weight is 428 g/mol. The normalized spacial score (nSPS) is 12.4. The van der Waals surface area contributed by atoms with Crippen LogP contribution in [0.25, 0.3) is 0 Å². The molecule has 0 unspecified atom stereocenters. The molecule has 0 N–H and O–H groups in total. The van der Waals surface area contributed by atoms with Crippen LogP contribution in [0.2, 0.25) is 0 Å². The second kappa shape index (κ2) is 10.2. The van der Waals surface area contributed by atoms with Gasteiger partial charge >= 0.3 is 12.1 Å². The van der Waals surface area contributed by atoms with Gasteiger partial charge in [0.2, 0.25) is 0 Å². The predicted octanol–water partition coefficient (Wildman–Crippen LogP) is 4.59. The molecule has 6 nitrogen and oxygen atoms in total. The summed E-state index contributed by atoms with van der Waals surface area (Å²) in [6.07, 6.45) is 8.69. The largest absolute Gasteiger partial charge is 0.497 e. The first-order chi connectivity index (χ1) is 14.6. The van der Waals surface area contributed by atoms with Gasteiger partial charge in [0.1, 0.15) is 17.4 Å². The van der Waals surface area contributed by atoms with Crippen molar-refractivity contribution in [1.29, 1.82) is 0 Å². The van der Waals surface area contributed by atoms with Gasteiger partial charge in [-0.1, -0.05) is 18.1 Å². The maximum Gasteiger partial charge on any atom is 0.416 e. The number of aryl methyl sites for hydroxylation is 1. The number of ether oxygens (including phenoxy) is 3. The van der Waals surface area contributed by atoms with Crippen LogP contribution in [-0.2, 0) is 28.9 Å². The molecular weight excluding hydrogens is 402 g/mol. The van der Waals surface area contributed by atoms with Gasteiger partial charge in [-0.05, 0) is 55.9 Å². The van der Waals surface area contributed by atoms with Gasteiger partial charge in [-0.15, -0.1) is 17.8 Å². The number of hydrogen-bond donors (Lipinski definition) is 0. The molecule has 0 spiro atoms. The van der Waals surface area contributed by atoms with Crippen molar-refractivity contribution in [1.82, 2.24) is 0 Å². The van der Waals surface area contributed by atoms with Crippen LogP contribution in [0.5, 0.6) is 5.75 Å². The van der Waals surface area contributed by atoms with Gasteiger partial charge in [0, 0.05) is 4.88 Å². The molecule has 0 bridgehead atoms. The number of hydrogen-bond acceptors (Lipinski definition) is 6. The van der Waals surface area contributed by atoms with E-state index in [1.165, 1.54) is 16.2 Å². The van der Waals surface area contributed by atoms with Crippen molar-refractivity contribution in [3.05, 3.63) is 45.8 Å². The topological polar surface area (TPSA) is 65.1 Å². The number of carbonyl (C=O) groups is 2. The SMILES string of the molecule is C#CCN(C(=O)OCc1ccc(OC)cc1)c1sc2c(c1C(=O)OCC)CCCC2. The van der Waals surface area contributed by atoms with E-state index >= 15 is 0 Å². The third-order valence-electron chi connectivity index (χ3n) is 4.87. The van der Waals surface area contributed by atoms with Crippen molar-refractivity contribution in [2.45, 2.75) is 39.2 Å². The van der Waals surface area contributed by atoms with Crippen LogP contribution < -0.4 is 9.64 Å². The summed E-state index contributed by atoms with van der Waals surface area (Å²) in [7, 11) is 1.59. The minimum Gasteiger partial charge on any atom is -0.497 e. The van der Waals surface area contributed by atoms with Crippen LogP contribution in [0.1, 0.15) is 46.1 Å². The first kappa shape index (κ1) is 21.7. The lowest BCUT2D eigenvalue weighted by atomic mass is 9.95. The molecule has 0 fully saturated rings. The zero-order valence-corrected chi connectivity index (χ0v) is 18.0. The van der Waals surface area contributed by atoms with Gasteiger partial charge < -0.3 is 14.2 Å². The van der Waals surface area contributed by atoms with Gasteiger partial charge in [-0.25, -0.2) is 9.59 Å². The Morgan fingerprint density at radius 2 is 1.90 bits per heavy atom. The molecular formula is C23H25NO5S. The van der Waals surface area contributed by atoms with Crippen LogP contribution >= 0.6 is 11.3 Å². The standard InChI is InChI=1S/C23H25NO5S/c1-4-14-24(23(26)29-15-16-10-12-17(27-3)13-11-16)21-20(22(25)28-5-2)18-8-6-7-9-19(18)30-21/h1,10-13H,5-9,14-15H2,2-3H3. The molecule has 0 aliphatic heterocycles. The summed E-state index contributed by atoms with van der Waals surface area (Å²) in [6, 6.07) is 7.25. The molecule has 1 aliphatic carbocycles. The van der Waals surface area contributed by atoms with Crippen LogP contribution in [0, 0.1) is 12.3 Å². The third kappa shape index (κ3) is 4.77. The Morgan fingerprint density at radius 1 is 1.17 bits per heavy atom. The number of anilines is 1. The molecule has 158 valence electrons. The number of benzene rings is 1. The number of amides is 1. The van der Waals surface area contributed by atoms with Gasteiger partial charge in [-0.2, -0.15) is 0 Å². The van der Waals surface area contributed by atoms with E-state index in [2.05, 4.69) is 5.92 Å². The lowest BCUT2D eigenvalue weighted by Gasteiger charge is -2.20. The number of esters is 1. The molecule has 7 heteroatoms. The Balaban J connectivity index is 1.85. The van der Waals surface area contributed by atoms with E-state index in [0.717, 1.165) is 47.4 Å². The Labute approximate surface area is 180 Å². The van der Waals surface area contributed by atoms with Gasteiger partial charge in [0.05, 0.1) is 25.8 Å². The van der Waals surface area contributed by atoms with Crippen molar-refractivity contribution in [3.63, 3.8) is 0 Å². The van der Waals surface area contributed by atoms with Crippen molar-refractivity contribution in [2.24, 2.45) is 0 Å². The summed E-state index contributed by atoms with van der Waals surface area (Å²) in [5, 5.41) is 0.512. The molecule has 2 aromatic rings. The summed E-state index contributed by atoms with van der Waals surface area (Å²) >= 11 is 1.43. The fraction of sp³-hybridized carbons (Fsp3) is 0.391. The Kier molecular flexibility index (Phi) is 7.36. The van der Waals surface area contributed by atoms with E-state index < -0.39 is 12.1 Å². The summed E-state index contributed by atoms with van der Waals surface area (Å²) in [4.78, 5) is 28.1. The Bertz CT molecular complexity index is 942. The van der Waals surface area contributed by atoms with E-state index in [9.17, 15) is 9.59 Å². The predicted molar refractivity (Wildman–Crippen MR) is 116 cm³/mol.